The summed E-state index contributed by atoms with van der Waals surface area (Å²) in [5.74, 6) is -0.834. The summed E-state index contributed by atoms with van der Waals surface area (Å²) in [5, 5.41) is 0.340. The van der Waals surface area contributed by atoms with E-state index in [4.69, 9.17) is 21.1 Å². The van der Waals surface area contributed by atoms with E-state index >= 15 is 0 Å². The van der Waals surface area contributed by atoms with E-state index in [0.29, 0.717) is 24.5 Å². The van der Waals surface area contributed by atoms with Crippen LogP contribution in [0, 0.1) is 5.41 Å². The first kappa shape index (κ1) is 29.5. The van der Waals surface area contributed by atoms with E-state index in [1.165, 1.54) is 64.2 Å². The number of carbonyl (C=O) groups is 2. The van der Waals surface area contributed by atoms with E-state index in [-0.39, 0.29) is 5.75 Å². The lowest BCUT2D eigenvalue weighted by atomic mass is 9.82. The van der Waals surface area contributed by atoms with Crippen LogP contribution in [-0.2, 0) is 14.3 Å². The minimum Gasteiger partial charge on any atom is -0.465 e. The molecule has 0 aliphatic carbocycles. The lowest BCUT2D eigenvalue weighted by molar-refractivity contribution is -0.168. The van der Waals surface area contributed by atoms with Crippen molar-refractivity contribution in [2.24, 2.45) is 5.41 Å². The maximum Gasteiger partial charge on any atom is 0.328 e. The molecule has 0 aliphatic rings. The molecule has 188 valence electrons. The van der Waals surface area contributed by atoms with Crippen LogP contribution >= 0.6 is 11.6 Å². The number of ether oxygens (including phenoxy) is 2. The van der Waals surface area contributed by atoms with Crippen molar-refractivity contribution in [1.82, 2.24) is 0 Å². The molecule has 0 spiro atoms. The first-order valence-corrected chi connectivity index (χ1v) is 13.5. The van der Waals surface area contributed by atoms with Gasteiger partial charge < -0.3 is 9.47 Å². The van der Waals surface area contributed by atoms with Gasteiger partial charge in [0.05, 0.1) is 11.6 Å². The van der Waals surface area contributed by atoms with E-state index < -0.39 is 17.4 Å². The number of carbonyl (C=O) groups excluding carboxylic acids is 2. The van der Waals surface area contributed by atoms with E-state index in [1.807, 2.05) is 13.8 Å². The minimum atomic E-state index is -1.30. The standard InChI is InChI=1S/C28H45ClO4/c1-4-7-8-9-10-11-12-13-14-15-16-17-20-23-32-26(30)28(5-2,6-3)27(31)33-25-22-19-18-21-24(25)29/h18-19,21-22H,4-17,20,23H2,1-3H3. The molecule has 4 nitrogen and oxygen atoms in total. The summed E-state index contributed by atoms with van der Waals surface area (Å²) >= 11 is 6.09. The Morgan fingerprint density at radius 3 is 1.70 bits per heavy atom. The number of esters is 2. The Balaban J connectivity index is 2.23. The molecule has 0 saturated heterocycles. The van der Waals surface area contributed by atoms with Crippen LogP contribution in [0.4, 0.5) is 0 Å². The van der Waals surface area contributed by atoms with Crippen molar-refractivity contribution >= 4 is 23.5 Å². The number of para-hydroxylation sites is 1. The number of halogens is 1. The van der Waals surface area contributed by atoms with Crippen molar-refractivity contribution < 1.29 is 19.1 Å². The predicted molar refractivity (Wildman–Crippen MR) is 137 cm³/mol. The topological polar surface area (TPSA) is 52.6 Å². The summed E-state index contributed by atoms with van der Waals surface area (Å²) in [7, 11) is 0. The van der Waals surface area contributed by atoms with Gasteiger partial charge in [0.2, 0.25) is 0 Å². The second kappa shape index (κ2) is 17.9. The van der Waals surface area contributed by atoms with Crippen LogP contribution in [0.2, 0.25) is 5.02 Å². The van der Waals surface area contributed by atoms with Gasteiger partial charge in [0.1, 0.15) is 5.75 Å². The number of unbranched alkanes of at least 4 members (excludes halogenated alkanes) is 12. The van der Waals surface area contributed by atoms with Gasteiger partial charge in [-0.1, -0.05) is 122 Å². The monoisotopic (exact) mass is 480 g/mol. The van der Waals surface area contributed by atoms with Crippen LogP contribution in [0.15, 0.2) is 24.3 Å². The molecule has 0 atom stereocenters. The van der Waals surface area contributed by atoms with Gasteiger partial charge in [0, 0.05) is 0 Å². The molecule has 1 aromatic carbocycles. The molecule has 0 unspecified atom stereocenters. The summed E-state index contributed by atoms with van der Waals surface area (Å²) in [6, 6.07) is 6.77. The molecule has 5 heteroatoms. The van der Waals surface area contributed by atoms with Crippen molar-refractivity contribution in [3.05, 3.63) is 29.3 Å². The molecular weight excluding hydrogens is 436 g/mol. The molecule has 0 saturated carbocycles. The van der Waals surface area contributed by atoms with Gasteiger partial charge in [-0.2, -0.15) is 0 Å². The zero-order valence-corrected chi connectivity index (χ0v) is 21.9. The number of hydrogen-bond donors (Lipinski definition) is 0. The molecule has 0 bridgehead atoms. The van der Waals surface area contributed by atoms with Gasteiger partial charge in [-0.05, 0) is 31.4 Å². The summed E-state index contributed by atoms with van der Waals surface area (Å²) in [5.41, 5.74) is -1.30. The molecule has 1 aromatic rings. The highest BCUT2D eigenvalue weighted by Crippen LogP contribution is 2.33. The lowest BCUT2D eigenvalue weighted by Gasteiger charge is -2.27. The summed E-state index contributed by atoms with van der Waals surface area (Å²) in [6.45, 7) is 6.22. The van der Waals surface area contributed by atoms with Crippen LogP contribution in [0.5, 0.6) is 5.75 Å². The van der Waals surface area contributed by atoms with Crippen molar-refractivity contribution in [1.29, 1.82) is 0 Å². The van der Waals surface area contributed by atoms with E-state index in [1.54, 1.807) is 24.3 Å². The second-order valence-corrected chi connectivity index (χ2v) is 9.39. The van der Waals surface area contributed by atoms with Gasteiger partial charge in [0.15, 0.2) is 5.41 Å². The number of rotatable bonds is 19. The van der Waals surface area contributed by atoms with Crippen LogP contribution < -0.4 is 4.74 Å². The molecule has 0 N–H and O–H groups in total. The van der Waals surface area contributed by atoms with Crippen LogP contribution in [0.3, 0.4) is 0 Å². The molecule has 0 amide bonds. The van der Waals surface area contributed by atoms with Crippen molar-refractivity contribution in [2.45, 2.75) is 117 Å². The lowest BCUT2D eigenvalue weighted by Crippen LogP contribution is -2.42. The van der Waals surface area contributed by atoms with E-state index in [9.17, 15) is 9.59 Å². The maximum absolute atomic E-state index is 12.9. The highest BCUT2D eigenvalue weighted by Gasteiger charge is 2.46. The average molecular weight is 481 g/mol. The van der Waals surface area contributed by atoms with Gasteiger partial charge in [-0.25, -0.2) is 0 Å². The van der Waals surface area contributed by atoms with Crippen LogP contribution in [0.25, 0.3) is 0 Å². The largest absolute Gasteiger partial charge is 0.465 e. The van der Waals surface area contributed by atoms with E-state index in [2.05, 4.69) is 6.92 Å². The van der Waals surface area contributed by atoms with E-state index in [0.717, 1.165) is 19.3 Å². The normalized spacial score (nSPS) is 11.4. The van der Waals surface area contributed by atoms with Gasteiger partial charge in [-0.15, -0.1) is 0 Å². The molecule has 0 radical (unpaired) electrons. The molecule has 33 heavy (non-hydrogen) atoms. The smallest absolute Gasteiger partial charge is 0.328 e. The Morgan fingerprint density at radius 1 is 0.727 bits per heavy atom. The van der Waals surface area contributed by atoms with Crippen molar-refractivity contribution in [2.75, 3.05) is 6.61 Å². The molecule has 0 aromatic heterocycles. The third kappa shape index (κ3) is 10.9. The Kier molecular flexibility index (Phi) is 16.0. The maximum atomic E-state index is 12.9. The zero-order valence-electron chi connectivity index (χ0n) is 21.1. The minimum absolute atomic E-state index is 0.264. The number of hydrogen-bond acceptors (Lipinski definition) is 4. The van der Waals surface area contributed by atoms with Gasteiger partial charge >= 0.3 is 11.9 Å². The Hall–Kier alpha value is -1.55. The van der Waals surface area contributed by atoms with Crippen molar-refractivity contribution in [3.8, 4) is 5.75 Å². The quantitative estimate of drug-likeness (QED) is 0.0859. The first-order chi connectivity index (χ1) is 16.0. The summed E-state index contributed by atoms with van der Waals surface area (Å²) in [6.07, 6.45) is 17.1. The van der Waals surface area contributed by atoms with Crippen LogP contribution in [0.1, 0.15) is 117 Å². The Labute approximate surface area is 206 Å². The molecular formula is C28H45ClO4. The molecule has 0 heterocycles. The summed E-state index contributed by atoms with van der Waals surface area (Å²) in [4.78, 5) is 25.7. The Morgan fingerprint density at radius 2 is 1.21 bits per heavy atom. The average Bonchev–Trinajstić information content (AvgIpc) is 2.82. The zero-order chi connectivity index (χ0) is 24.4. The second-order valence-electron chi connectivity index (χ2n) is 8.99. The molecule has 0 aliphatic heterocycles. The highest BCUT2D eigenvalue weighted by molar-refractivity contribution is 6.32. The fraction of sp³-hybridized carbons (Fsp3) is 0.714. The molecule has 0 fully saturated rings. The Bertz CT molecular complexity index is 670. The first-order valence-electron chi connectivity index (χ1n) is 13.2. The molecule has 1 rings (SSSR count). The fourth-order valence-corrected chi connectivity index (χ4v) is 4.23. The van der Waals surface area contributed by atoms with Gasteiger partial charge in [-0.3, -0.25) is 9.59 Å². The van der Waals surface area contributed by atoms with Gasteiger partial charge in [0.25, 0.3) is 0 Å². The van der Waals surface area contributed by atoms with Crippen molar-refractivity contribution in [3.63, 3.8) is 0 Å². The predicted octanol–water partition coefficient (Wildman–Crippen LogP) is 8.69. The third-order valence-electron chi connectivity index (χ3n) is 6.51. The number of benzene rings is 1. The summed E-state index contributed by atoms with van der Waals surface area (Å²) < 4.78 is 11.0. The SMILES string of the molecule is CCCCCCCCCCCCCCCOC(=O)C(CC)(CC)C(=O)Oc1ccccc1Cl. The highest BCUT2D eigenvalue weighted by atomic mass is 35.5. The van der Waals surface area contributed by atoms with Crippen LogP contribution in [-0.4, -0.2) is 18.5 Å². The fourth-order valence-electron chi connectivity index (χ4n) is 4.06. The third-order valence-corrected chi connectivity index (χ3v) is 6.82.